The van der Waals surface area contributed by atoms with Crippen LogP contribution in [0.3, 0.4) is 0 Å². The van der Waals surface area contributed by atoms with Crippen LogP contribution in [0.4, 0.5) is 9.18 Å². The Morgan fingerprint density at radius 3 is 3.00 bits per heavy atom. The smallest absolute Gasteiger partial charge is 0.317 e. The summed E-state index contributed by atoms with van der Waals surface area (Å²) in [6, 6.07) is 6.29. The monoisotopic (exact) mass is 324 g/mol. The van der Waals surface area contributed by atoms with Gasteiger partial charge in [-0.3, -0.25) is 0 Å². The molecule has 2 rings (SSSR count). The standard InChI is InChI=1S/C17H25FN2O3/c18-15-7-1-2-8-16(15)23-13-14-6-5-10-20(12-14)17(22)19-9-3-4-11-21/h1-2,7-8,14,21H,3-6,9-13H2,(H,19,22)/t14-/m1/s1. The number of benzene rings is 1. The van der Waals surface area contributed by atoms with Gasteiger partial charge in [-0.2, -0.15) is 0 Å². The van der Waals surface area contributed by atoms with Gasteiger partial charge in [-0.1, -0.05) is 12.1 Å². The fourth-order valence-corrected chi connectivity index (χ4v) is 2.70. The van der Waals surface area contributed by atoms with Crippen LogP contribution in [-0.4, -0.2) is 48.9 Å². The number of carbonyl (C=O) groups excluding carboxylic acids is 1. The summed E-state index contributed by atoms with van der Waals surface area (Å²) >= 11 is 0. The van der Waals surface area contributed by atoms with Gasteiger partial charge in [-0.05, 0) is 37.8 Å². The predicted molar refractivity (Wildman–Crippen MR) is 85.9 cm³/mol. The second kappa shape index (κ2) is 9.35. The molecule has 2 amide bonds. The number of ether oxygens (including phenoxy) is 1. The number of para-hydroxylation sites is 1. The molecule has 1 atom stereocenters. The minimum Gasteiger partial charge on any atom is -0.490 e. The molecule has 5 nitrogen and oxygen atoms in total. The number of hydrogen-bond acceptors (Lipinski definition) is 3. The Morgan fingerprint density at radius 2 is 2.22 bits per heavy atom. The Morgan fingerprint density at radius 1 is 1.39 bits per heavy atom. The third-order valence-electron chi connectivity index (χ3n) is 3.98. The zero-order valence-corrected chi connectivity index (χ0v) is 13.3. The number of likely N-dealkylation sites (tertiary alicyclic amines) is 1. The molecule has 1 aromatic carbocycles. The zero-order valence-electron chi connectivity index (χ0n) is 13.3. The number of halogens is 1. The normalized spacial score (nSPS) is 17.8. The van der Waals surface area contributed by atoms with Gasteiger partial charge in [0.05, 0.1) is 6.61 Å². The Hall–Kier alpha value is -1.82. The SMILES string of the molecule is O=C(NCCCCO)N1CCC[C@@H](COc2ccccc2F)C1. The Kier molecular flexibility index (Phi) is 7.13. The van der Waals surface area contributed by atoms with E-state index in [1.165, 1.54) is 6.07 Å². The molecule has 1 heterocycles. The number of nitrogens with one attached hydrogen (secondary N) is 1. The highest BCUT2D eigenvalue weighted by molar-refractivity contribution is 5.74. The van der Waals surface area contributed by atoms with Crippen molar-refractivity contribution in [2.45, 2.75) is 25.7 Å². The van der Waals surface area contributed by atoms with Gasteiger partial charge in [-0.15, -0.1) is 0 Å². The summed E-state index contributed by atoms with van der Waals surface area (Å²) in [6.07, 6.45) is 3.37. The average Bonchev–Trinajstić information content (AvgIpc) is 2.58. The Balaban J connectivity index is 1.74. The molecule has 1 aliphatic rings. The molecule has 128 valence electrons. The summed E-state index contributed by atoms with van der Waals surface area (Å²) in [5, 5.41) is 11.6. The number of aliphatic hydroxyl groups is 1. The van der Waals surface area contributed by atoms with E-state index < -0.39 is 0 Å². The van der Waals surface area contributed by atoms with Crippen molar-refractivity contribution >= 4 is 6.03 Å². The van der Waals surface area contributed by atoms with E-state index in [2.05, 4.69) is 5.32 Å². The van der Waals surface area contributed by atoms with E-state index in [0.717, 1.165) is 25.8 Å². The van der Waals surface area contributed by atoms with Crippen molar-refractivity contribution in [2.75, 3.05) is 32.8 Å². The first kappa shape index (κ1) is 17.5. The number of piperidine rings is 1. The van der Waals surface area contributed by atoms with Gasteiger partial charge in [0.2, 0.25) is 0 Å². The van der Waals surface area contributed by atoms with E-state index in [4.69, 9.17) is 9.84 Å². The van der Waals surface area contributed by atoms with Crippen LogP contribution in [0.2, 0.25) is 0 Å². The lowest BCUT2D eigenvalue weighted by atomic mass is 9.99. The van der Waals surface area contributed by atoms with Gasteiger partial charge in [0.15, 0.2) is 11.6 Å². The molecule has 0 spiro atoms. The molecule has 0 aromatic heterocycles. The minimum atomic E-state index is -0.359. The third-order valence-corrected chi connectivity index (χ3v) is 3.98. The number of nitrogens with zero attached hydrogens (tertiary/aromatic N) is 1. The van der Waals surface area contributed by atoms with E-state index in [1.807, 2.05) is 0 Å². The maximum absolute atomic E-state index is 13.5. The fourth-order valence-electron chi connectivity index (χ4n) is 2.70. The zero-order chi connectivity index (χ0) is 16.5. The van der Waals surface area contributed by atoms with Crippen LogP contribution in [0.25, 0.3) is 0 Å². The van der Waals surface area contributed by atoms with Crippen molar-refractivity contribution < 1.29 is 19.0 Å². The number of amides is 2. The van der Waals surface area contributed by atoms with Crippen molar-refractivity contribution in [1.82, 2.24) is 10.2 Å². The van der Waals surface area contributed by atoms with E-state index in [-0.39, 0.29) is 30.1 Å². The molecule has 1 aromatic rings. The van der Waals surface area contributed by atoms with Crippen LogP contribution in [0.1, 0.15) is 25.7 Å². The van der Waals surface area contributed by atoms with Crippen molar-refractivity contribution in [3.8, 4) is 5.75 Å². The largest absolute Gasteiger partial charge is 0.490 e. The number of aliphatic hydroxyl groups excluding tert-OH is 1. The molecule has 6 heteroatoms. The van der Waals surface area contributed by atoms with Gasteiger partial charge in [0.25, 0.3) is 0 Å². The third kappa shape index (κ3) is 5.71. The lowest BCUT2D eigenvalue weighted by molar-refractivity contribution is 0.135. The molecule has 23 heavy (non-hydrogen) atoms. The maximum atomic E-state index is 13.5. The molecule has 0 radical (unpaired) electrons. The second-order valence-electron chi connectivity index (χ2n) is 5.86. The van der Waals surface area contributed by atoms with Crippen LogP contribution >= 0.6 is 0 Å². The fraction of sp³-hybridized carbons (Fsp3) is 0.588. The summed E-state index contributed by atoms with van der Waals surface area (Å²) < 4.78 is 19.1. The van der Waals surface area contributed by atoms with Gasteiger partial charge in [0.1, 0.15) is 0 Å². The van der Waals surface area contributed by atoms with Gasteiger partial charge < -0.3 is 20.1 Å². The molecule has 0 aliphatic carbocycles. The number of urea groups is 1. The number of carbonyl (C=O) groups is 1. The van der Waals surface area contributed by atoms with E-state index in [1.54, 1.807) is 23.1 Å². The lowest BCUT2D eigenvalue weighted by Gasteiger charge is -2.32. The van der Waals surface area contributed by atoms with Gasteiger partial charge in [-0.25, -0.2) is 9.18 Å². The van der Waals surface area contributed by atoms with Crippen LogP contribution in [0.5, 0.6) is 5.75 Å². The lowest BCUT2D eigenvalue weighted by Crippen LogP contribution is -2.46. The summed E-state index contributed by atoms with van der Waals surface area (Å²) in [4.78, 5) is 13.9. The number of unbranched alkanes of at least 4 members (excludes halogenated alkanes) is 1. The highest BCUT2D eigenvalue weighted by Gasteiger charge is 2.24. The first-order valence-corrected chi connectivity index (χ1v) is 8.21. The average molecular weight is 324 g/mol. The highest BCUT2D eigenvalue weighted by Crippen LogP contribution is 2.20. The van der Waals surface area contributed by atoms with Crippen LogP contribution in [0, 0.1) is 11.7 Å². The number of hydrogen-bond donors (Lipinski definition) is 2. The summed E-state index contributed by atoms with van der Waals surface area (Å²) in [6.45, 7) is 2.50. The summed E-state index contributed by atoms with van der Waals surface area (Å²) in [5.74, 6) is 0.117. The van der Waals surface area contributed by atoms with Gasteiger partial charge >= 0.3 is 6.03 Å². The van der Waals surface area contributed by atoms with Gasteiger partial charge in [0, 0.05) is 32.2 Å². The molecule has 2 N–H and O–H groups in total. The molecule has 0 bridgehead atoms. The quantitative estimate of drug-likeness (QED) is 0.757. The van der Waals surface area contributed by atoms with E-state index in [9.17, 15) is 9.18 Å². The van der Waals surface area contributed by atoms with E-state index in [0.29, 0.717) is 26.1 Å². The molecule has 1 saturated heterocycles. The molecule has 1 aliphatic heterocycles. The topological polar surface area (TPSA) is 61.8 Å². The molecular formula is C17H25FN2O3. The van der Waals surface area contributed by atoms with Crippen molar-refractivity contribution in [3.63, 3.8) is 0 Å². The second-order valence-corrected chi connectivity index (χ2v) is 5.86. The van der Waals surface area contributed by atoms with E-state index >= 15 is 0 Å². The molecular weight excluding hydrogens is 299 g/mol. The van der Waals surface area contributed by atoms with Crippen LogP contribution < -0.4 is 10.1 Å². The summed E-state index contributed by atoms with van der Waals surface area (Å²) in [5.41, 5.74) is 0. The predicted octanol–water partition coefficient (Wildman–Crippen LogP) is 2.40. The van der Waals surface area contributed by atoms with Crippen molar-refractivity contribution in [2.24, 2.45) is 5.92 Å². The number of rotatable bonds is 7. The Labute approximate surface area is 136 Å². The first-order chi connectivity index (χ1) is 11.2. The van der Waals surface area contributed by atoms with Crippen molar-refractivity contribution in [1.29, 1.82) is 0 Å². The minimum absolute atomic E-state index is 0.0708. The van der Waals surface area contributed by atoms with Crippen LogP contribution in [0.15, 0.2) is 24.3 Å². The maximum Gasteiger partial charge on any atom is 0.317 e. The molecule has 0 unspecified atom stereocenters. The Bertz CT molecular complexity index is 498. The highest BCUT2D eigenvalue weighted by atomic mass is 19.1. The van der Waals surface area contributed by atoms with Crippen LogP contribution in [-0.2, 0) is 0 Å². The molecule has 0 saturated carbocycles. The summed E-state index contributed by atoms with van der Waals surface area (Å²) in [7, 11) is 0. The van der Waals surface area contributed by atoms with Crippen molar-refractivity contribution in [3.05, 3.63) is 30.1 Å². The molecule has 1 fully saturated rings. The first-order valence-electron chi connectivity index (χ1n) is 8.21.